The van der Waals surface area contributed by atoms with E-state index in [-0.39, 0.29) is 0 Å². The molecule has 242 valence electrons. The standard InChI is InChI=1S/C49H31N3/c1-2-12-32(13-3-1)47-29-48(36-17-11-16-35(27-36)46-31-50-30-38-14-4-5-19-39(38)46)52-49(51-47)37-18-10-15-33(26-37)34-24-25-44-42-22-7-6-20-40(42)41-21-8-9-23-43(41)45(44)28-34/h1-31H. The molecule has 0 aliphatic rings. The molecule has 0 saturated carbocycles. The van der Waals surface area contributed by atoms with Crippen LogP contribution in [0.2, 0.25) is 0 Å². The minimum absolute atomic E-state index is 0.688. The molecule has 2 aromatic heterocycles. The Morgan fingerprint density at radius 3 is 1.56 bits per heavy atom. The second-order valence-corrected chi connectivity index (χ2v) is 13.2. The van der Waals surface area contributed by atoms with Crippen LogP contribution in [-0.4, -0.2) is 15.0 Å². The van der Waals surface area contributed by atoms with Crippen LogP contribution in [0.25, 0.3) is 99.2 Å². The van der Waals surface area contributed by atoms with Gasteiger partial charge in [0, 0.05) is 40.0 Å². The van der Waals surface area contributed by atoms with Gasteiger partial charge >= 0.3 is 0 Å². The van der Waals surface area contributed by atoms with Gasteiger partial charge in [-0.3, -0.25) is 4.98 Å². The van der Waals surface area contributed by atoms with Gasteiger partial charge in [-0.1, -0.05) is 152 Å². The summed E-state index contributed by atoms with van der Waals surface area (Å²) < 4.78 is 0. The molecule has 2 heterocycles. The topological polar surface area (TPSA) is 38.7 Å². The number of pyridine rings is 1. The van der Waals surface area contributed by atoms with Crippen LogP contribution in [0, 0.1) is 0 Å². The Labute approximate surface area is 301 Å². The molecule has 0 unspecified atom stereocenters. The molecule has 0 aliphatic carbocycles. The minimum atomic E-state index is 0.688. The zero-order chi connectivity index (χ0) is 34.4. The fraction of sp³-hybridized carbons (Fsp3) is 0. The maximum Gasteiger partial charge on any atom is 0.160 e. The van der Waals surface area contributed by atoms with Gasteiger partial charge in [-0.05, 0) is 78.7 Å². The summed E-state index contributed by atoms with van der Waals surface area (Å²) in [4.78, 5) is 14.9. The lowest BCUT2D eigenvalue weighted by molar-refractivity contribution is 1.18. The van der Waals surface area contributed by atoms with E-state index in [1.165, 1.54) is 37.7 Å². The maximum atomic E-state index is 5.23. The Balaban J connectivity index is 1.11. The number of hydrogen-bond donors (Lipinski definition) is 0. The monoisotopic (exact) mass is 661 g/mol. The number of nitrogens with zero attached hydrogens (tertiary/aromatic N) is 3. The largest absolute Gasteiger partial charge is 0.263 e. The van der Waals surface area contributed by atoms with Crippen molar-refractivity contribution in [2.24, 2.45) is 0 Å². The van der Waals surface area contributed by atoms with Crippen molar-refractivity contribution in [1.82, 2.24) is 15.0 Å². The average Bonchev–Trinajstić information content (AvgIpc) is 3.23. The van der Waals surface area contributed by atoms with Crippen molar-refractivity contribution in [3.63, 3.8) is 0 Å². The van der Waals surface area contributed by atoms with E-state index in [1.807, 2.05) is 18.5 Å². The van der Waals surface area contributed by atoms with Crippen LogP contribution in [0.1, 0.15) is 0 Å². The molecular weight excluding hydrogens is 631 g/mol. The van der Waals surface area contributed by atoms with Crippen LogP contribution in [0.4, 0.5) is 0 Å². The van der Waals surface area contributed by atoms with Gasteiger partial charge in [0.25, 0.3) is 0 Å². The van der Waals surface area contributed by atoms with Crippen molar-refractivity contribution in [3.8, 4) is 56.2 Å². The van der Waals surface area contributed by atoms with Crippen LogP contribution in [0.15, 0.2) is 188 Å². The van der Waals surface area contributed by atoms with Gasteiger partial charge in [0.1, 0.15) is 0 Å². The van der Waals surface area contributed by atoms with Crippen LogP contribution in [-0.2, 0) is 0 Å². The fourth-order valence-electron chi connectivity index (χ4n) is 7.60. The second-order valence-electron chi connectivity index (χ2n) is 13.2. The highest BCUT2D eigenvalue weighted by molar-refractivity contribution is 6.25. The molecule has 3 nitrogen and oxygen atoms in total. The molecule has 0 bridgehead atoms. The molecule has 3 heteroatoms. The molecule has 52 heavy (non-hydrogen) atoms. The summed E-state index contributed by atoms with van der Waals surface area (Å²) in [5, 5.41) is 9.91. The van der Waals surface area contributed by atoms with E-state index in [1.54, 1.807) is 0 Å². The smallest absolute Gasteiger partial charge is 0.160 e. The highest BCUT2D eigenvalue weighted by atomic mass is 14.9. The molecule has 0 amide bonds. The van der Waals surface area contributed by atoms with Crippen molar-refractivity contribution in [2.45, 2.75) is 0 Å². The van der Waals surface area contributed by atoms with Crippen LogP contribution < -0.4 is 0 Å². The summed E-state index contributed by atoms with van der Waals surface area (Å²) >= 11 is 0. The molecule has 0 N–H and O–H groups in total. The first-order chi connectivity index (χ1) is 25.8. The van der Waals surface area contributed by atoms with Crippen molar-refractivity contribution in [3.05, 3.63) is 188 Å². The molecule has 0 spiro atoms. The molecule has 10 rings (SSSR count). The first-order valence-electron chi connectivity index (χ1n) is 17.6. The van der Waals surface area contributed by atoms with Crippen molar-refractivity contribution in [2.75, 3.05) is 0 Å². The summed E-state index contributed by atoms with van der Waals surface area (Å²) in [5.41, 5.74) is 9.27. The van der Waals surface area contributed by atoms with Gasteiger partial charge in [0.2, 0.25) is 0 Å². The predicted octanol–water partition coefficient (Wildman–Crippen LogP) is 12.8. The Bertz CT molecular complexity index is 2930. The third-order valence-electron chi connectivity index (χ3n) is 10.1. The Kier molecular flexibility index (Phi) is 7.14. The zero-order valence-corrected chi connectivity index (χ0v) is 28.2. The Morgan fingerprint density at radius 2 is 0.808 bits per heavy atom. The number of hydrogen-bond acceptors (Lipinski definition) is 3. The van der Waals surface area contributed by atoms with Gasteiger partial charge in [-0.25, -0.2) is 9.97 Å². The lowest BCUT2D eigenvalue weighted by atomic mass is 9.92. The summed E-state index contributed by atoms with van der Waals surface area (Å²) in [7, 11) is 0. The number of fused-ring (bicyclic) bond motifs is 7. The van der Waals surface area contributed by atoms with Gasteiger partial charge in [-0.2, -0.15) is 0 Å². The SMILES string of the molecule is c1ccc(-c2cc(-c3cccc(-c4cncc5ccccc45)c3)nc(-c3cccc(-c4ccc5c6ccccc6c6ccccc6c5c4)c3)n2)cc1. The molecule has 0 atom stereocenters. The number of rotatable bonds is 5. The number of aromatic nitrogens is 3. The highest BCUT2D eigenvalue weighted by Crippen LogP contribution is 2.38. The number of benzene rings is 8. The van der Waals surface area contributed by atoms with E-state index in [2.05, 4.69) is 175 Å². The normalized spacial score (nSPS) is 11.5. The van der Waals surface area contributed by atoms with Crippen molar-refractivity contribution >= 4 is 43.1 Å². The summed E-state index contributed by atoms with van der Waals surface area (Å²) in [6.07, 6.45) is 3.87. The average molecular weight is 662 g/mol. The summed E-state index contributed by atoms with van der Waals surface area (Å²) in [6, 6.07) is 62.3. The van der Waals surface area contributed by atoms with E-state index in [4.69, 9.17) is 9.97 Å². The Hall–Kier alpha value is -6.97. The van der Waals surface area contributed by atoms with Crippen molar-refractivity contribution < 1.29 is 0 Å². The van der Waals surface area contributed by atoms with Gasteiger partial charge in [0.05, 0.1) is 11.4 Å². The molecule has 0 aliphatic heterocycles. The molecule has 0 radical (unpaired) electrons. The molecule has 0 saturated heterocycles. The predicted molar refractivity (Wildman–Crippen MR) is 217 cm³/mol. The fourth-order valence-corrected chi connectivity index (χ4v) is 7.60. The van der Waals surface area contributed by atoms with E-state index in [0.717, 1.165) is 55.7 Å². The highest BCUT2D eigenvalue weighted by Gasteiger charge is 2.14. The van der Waals surface area contributed by atoms with Gasteiger partial charge in [-0.15, -0.1) is 0 Å². The maximum absolute atomic E-state index is 5.23. The summed E-state index contributed by atoms with van der Waals surface area (Å²) in [6.45, 7) is 0. The molecular formula is C49H31N3. The van der Waals surface area contributed by atoms with Gasteiger partial charge in [0.15, 0.2) is 5.82 Å². The second kappa shape index (κ2) is 12.4. The van der Waals surface area contributed by atoms with Crippen LogP contribution in [0.3, 0.4) is 0 Å². The van der Waals surface area contributed by atoms with Gasteiger partial charge < -0.3 is 0 Å². The van der Waals surface area contributed by atoms with E-state index >= 15 is 0 Å². The third kappa shape index (κ3) is 5.19. The molecule has 8 aromatic carbocycles. The Morgan fingerprint density at radius 1 is 0.288 bits per heavy atom. The zero-order valence-electron chi connectivity index (χ0n) is 28.2. The van der Waals surface area contributed by atoms with E-state index in [9.17, 15) is 0 Å². The van der Waals surface area contributed by atoms with Crippen LogP contribution in [0.5, 0.6) is 0 Å². The van der Waals surface area contributed by atoms with E-state index in [0.29, 0.717) is 5.82 Å². The van der Waals surface area contributed by atoms with Crippen molar-refractivity contribution in [1.29, 1.82) is 0 Å². The first-order valence-corrected chi connectivity index (χ1v) is 17.6. The minimum Gasteiger partial charge on any atom is -0.263 e. The summed E-state index contributed by atoms with van der Waals surface area (Å²) in [5.74, 6) is 0.688. The lowest BCUT2D eigenvalue weighted by Gasteiger charge is -2.13. The third-order valence-corrected chi connectivity index (χ3v) is 10.1. The molecule has 0 fully saturated rings. The first kappa shape index (κ1) is 29.9. The quantitative estimate of drug-likeness (QED) is 0.172. The molecule has 10 aromatic rings. The lowest BCUT2D eigenvalue weighted by Crippen LogP contribution is -1.96. The van der Waals surface area contributed by atoms with E-state index < -0.39 is 0 Å². The van der Waals surface area contributed by atoms with Crippen LogP contribution >= 0.6 is 0 Å².